The largest absolute Gasteiger partial charge is 0.507 e. The number of aliphatic imine (C=N–C) groups is 1. The highest BCUT2D eigenvalue weighted by Crippen LogP contribution is 2.42. The smallest absolute Gasteiger partial charge is 0.421 e. The van der Waals surface area contributed by atoms with Gasteiger partial charge in [0.2, 0.25) is 0 Å². The predicted molar refractivity (Wildman–Crippen MR) is 142 cm³/mol. The summed E-state index contributed by atoms with van der Waals surface area (Å²) in [5, 5.41) is 17.6. The number of carbonyl (C=O) groups is 1. The summed E-state index contributed by atoms with van der Waals surface area (Å²) in [4.78, 5) is 19.8. The number of phenolic OH excluding ortho intramolecular Hbond substituents is 1. The molecule has 0 saturated carbocycles. The Hall–Kier alpha value is -4.02. The number of carbonyl (C=O) groups excluding carboxylic acids is 1. The molecule has 0 aromatic heterocycles. The van der Waals surface area contributed by atoms with Crippen LogP contribution in [0.15, 0.2) is 53.5 Å². The lowest BCUT2D eigenvalue weighted by Gasteiger charge is -2.31. The summed E-state index contributed by atoms with van der Waals surface area (Å²) in [6, 6.07) is 10.8. The molecule has 1 aliphatic heterocycles. The van der Waals surface area contributed by atoms with E-state index in [-0.39, 0.29) is 18.3 Å². The second kappa shape index (κ2) is 12.5. The molecule has 38 heavy (non-hydrogen) atoms. The monoisotopic (exact) mass is 531 g/mol. The molecular weight excluding hydrogens is 499 g/mol. The SMILES string of the molecule is COC(=O)CN(C/C=C/c1cccc(C(N)=NC2CCN(C(C)=N)CC2)c1)c1cccc(O)c1C(F)(F)F. The first-order valence-corrected chi connectivity index (χ1v) is 12.1. The van der Waals surface area contributed by atoms with Crippen LogP contribution in [0.3, 0.4) is 0 Å². The summed E-state index contributed by atoms with van der Waals surface area (Å²) in [6.07, 6.45) is 0.124. The molecule has 3 rings (SSSR count). The van der Waals surface area contributed by atoms with Crippen LogP contribution < -0.4 is 10.6 Å². The quantitative estimate of drug-likeness (QED) is 0.266. The van der Waals surface area contributed by atoms with Crippen molar-refractivity contribution in [1.82, 2.24) is 4.90 Å². The third-order valence-electron chi connectivity index (χ3n) is 6.27. The van der Waals surface area contributed by atoms with E-state index < -0.39 is 30.0 Å². The summed E-state index contributed by atoms with van der Waals surface area (Å²) >= 11 is 0. The number of benzene rings is 2. The van der Waals surface area contributed by atoms with Gasteiger partial charge in [-0.05, 0) is 43.5 Å². The van der Waals surface area contributed by atoms with Crippen molar-refractivity contribution in [3.05, 3.63) is 65.2 Å². The van der Waals surface area contributed by atoms with E-state index in [2.05, 4.69) is 9.73 Å². The number of aromatic hydroxyl groups is 1. The summed E-state index contributed by atoms with van der Waals surface area (Å²) in [7, 11) is 1.15. The Morgan fingerprint density at radius 2 is 1.95 bits per heavy atom. The molecule has 0 bridgehead atoms. The van der Waals surface area contributed by atoms with Crippen molar-refractivity contribution in [2.45, 2.75) is 32.0 Å². The lowest BCUT2D eigenvalue weighted by molar-refractivity contribution is -0.140. The van der Waals surface area contributed by atoms with Gasteiger partial charge < -0.3 is 25.4 Å². The van der Waals surface area contributed by atoms with Gasteiger partial charge in [0.25, 0.3) is 0 Å². The van der Waals surface area contributed by atoms with Gasteiger partial charge in [-0.1, -0.05) is 36.4 Å². The molecule has 8 nitrogen and oxygen atoms in total. The zero-order chi connectivity index (χ0) is 27.9. The number of likely N-dealkylation sites (tertiary alicyclic amines) is 1. The lowest BCUT2D eigenvalue weighted by Crippen LogP contribution is -2.38. The van der Waals surface area contributed by atoms with E-state index in [0.29, 0.717) is 11.7 Å². The van der Waals surface area contributed by atoms with E-state index in [4.69, 9.17) is 11.1 Å². The maximum atomic E-state index is 13.7. The molecule has 1 saturated heterocycles. The third kappa shape index (κ3) is 7.50. The minimum absolute atomic E-state index is 0.0551. The number of phenols is 1. The van der Waals surface area contributed by atoms with Crippen LogP contribution in [0.5, 0.6) is 5.75 Å². The molecule has 2 aromatic carbocycles. The average Bonchev–Trinajstić information content (AvgIpc) is 2.87. The number of methoxy groups -OCH3 is 1. The Balaban J connectivity index is 1.77. The number of rotatable bonds is 8. The zero-order valence-corrected chi connectivity index (χ0v) is 21.3. The van der Waals surface area contributed by atoms with Gasteiger partial charge in [-0.15, -0.1) is 0 Å². The van der Waals surface area contributed by atoms with Gasteiger partial charge in [-0.2, -0.15) is 13.2 Å². The van der Waals surface area contributed by atoms with E-state index in [1.807, 2.05) is 29.2 Å². The van der Waals surface area contributed by atoms with E-state index >= 15 is 0 Å². The number of nitrogens with one attached hydrogen (secondary N) is 1. The fourth-order valence-electron chi connectivity index (χ4n) is 4.27. The van der Waals surface area contributed by atoms with Crippen LogP contribution in [0.1, 0.15) is 36.5 Å². The lowest BCUT2D eigenvalue weighted by atomic mass is 10.0. The topological polar surface area (TPSA) is 115 Å². The molecule has 1 heterocycles. The van der Waals surface area contributed by atoms with Crippen LogP contribution in [0.4, 0.5) is 18.9 Å². The van der Waals surface area contributed by atoms with Crippen LogP contribution in [0, 0.1) is 5.41 Å². The van der Waals surface area contributed by atoms with Gasteiger partial charge in [0.15, 0.2) is 0 Å². The number of piperidine rings is 1. The number of esters is 1. The van der Waals surface area contributed by atoms with Crippen LogP contribution in [0.2, 0.25) is 0 Å². The Morgan fingerprint density at radius 3 is 2.58 bits per heavy atom. The van der Waals surface area contributed by atoms with E-state index in [1.54, 1.807) is 19.1 Å². The number of anilines is 1. The summed E-state index contributed by atoms with van der Waals surface area (Å²) < 4.78 is 45.6. The number of halogens is 3. The number of nitrogens with two attached hydrogens (primary N) is 1. The number of hydrogen-bond acceptors (Lipinski definition) is 6. The van der Waals surface area contributed by atoms with Crippen molar-refractivity contribution < 1.29 is 27.8 Å². The second-order valence-corrected chi connectivity index (χ2v) is 8.97. The van der Waals surface area contributed by atoms with Crippen molar-refractivity contribution in [1.29, 1.82) is 5.41 Å². The molecule has 0 amide bonds. The predicted octanol–water partition coefficient (Wildman–Crippen LogP) is 4.27. The van der Waals surface area contributed by atoms with E-state index in [9.17, 15) is 23.1 Å². The minimum atomic E-state index is -4.82. The maximum absolute atomic E-state index is 13.7. The highest BCUT2D eigenvalue weighted by Gasteiger charge is 2.38. The number of hydrogen-bond donors (Lipinski definition) is 3. The van der Waals surface area contributed by atoms with Gasteiger partial charge in [-0.3, -0.25) is 15.2 Å². The number of amidine groups is 2. The molecule has 0 atom stereocenters. The first-order valence-electron chi connectivity index (χ1n) is 12.1. The van der Waals surface area contributed by atoms with Crippen LogP contribution in [-0.4, -0.2) is 67.0 Å². The zero-order valence-electron chi connectivity index (χ0n) is 21.3. The first-order chi connectivity index (χ1) is 18.0. The average molecular weight is 532 g/mol. The Kier molecular flexibility index (Phi) is 9.38. The fourth-order valence-corrected chi connectivity index (χ4v) is 4.27. The van der Waals surface area contributed by atoms with Crippen molar-refractivity contribution >= 4 is 29.4 Å². The highest BCUT2D eigenvalue weighted by molar-refractivity contribution is 5.98. The second-order valence-electron chi connectivity index (χ2n) is 8.97. The Labute approximate surface area is 219 Å². The molecule has 1 fully saturated rings. The molecule has 4 N–H and O–H groups in total. The van der Waals surface area contributed by atoms with Gasteiger partial charge in [-0.25, -0.2) is 0 Å². The molecule has 0 aliphatic carbocycles. The van der Waals surface area contributed by atoms with E-state index in [1.165, 1.54) is 17.0 Å². The third-order valence-corrected chi connectivity index (χ3v) is 6.27. The Morgan fingerprint density at radius 1 is 1.26 bits per heavy atom. The fraction of sp³-hybridized carbons (Fsp3) is 0.370. The maximum Gasteiger partial charge on any atom is 0.421 e. The molecule has 0 spiro atoms. The van der Waals surface area contributed by atoms with Gasteiger partial charge >= 0.3 is 12.1 Å². The molecule has 0 unspecified atom stereocenters. The van der Waals surface area contributed by atoms with Gasteiger partial charge in [0.1, 0.15) is 23.7 Å². The number of alkyl halides is 3. The number of nitrogens with zero attached hydrogens (tertiary/aromatic N) is 3. The minimum Gasteiger partial charge on any atom is -0.507 e. The van der Waals surface area contributed by atoms with Crippen LogP contribution in [0.25, 0.3) is 6.08 Å². The van der Waals surface area contributed by atoms with Gasteiger partial charge in [0, 0.05) is 25.2 Å². The standard InChI is InChI=1S/C27H32F3N5O3/c1-18(31)34-14-11-21(12-15-34)33-26(32)20-8-3-6-19(16-20)7-5-13-35(17-24(37)38-2)22-9-4-10-23(36)25(22)27(28,29)30/h3-10,16,21,31,36H,11-15,17H2,1-2H3,(H2,32,33)/b7-5+,31-18?. The summed E-state index contributed by atoms with van der Waals surface area (Å²) in [5.41, 5.74) is 6.18. The molecule has 204 valence electrons. The van der Waals surface area contributed by atoms with E-state index in [0.717, 1.165) is 50.2 Å². The molecule has 11 heteroatoms. The highest BCUT2D eigenvalue weighted by atomic mass is 19.4. The van der Waals surface area contributed by atoms with Crippen molar-refractivity contribution in [3.63, 3.8) is 0 Å². The van der Waals surface area contributed by atoms with Gasteiger partial charge in [0.05, 0.1) is 24.7 Å². The molecule has 2 aromatic rings. The Bertz CT molecular complexity index is 1200. The van der Waals surface area contributed by atoms with Crippen LogP contribution >= 0.6 is 0 Å². The van der Waals surface area contributed by atoms with Crippen molar-refractivity contribution in [2.24, 2.45) is 10.7 Å². The number of ether oxygens (including phenoxy) is 1. The van der Waals surface area contributed by atoms with Crippen molar-refractivity contribution in [2.75, 3.05) is 38.2 Å². The first kappa shape index (κ1) is 28.5. The summed E-state index contributed by atoms with van der Waals surface area (Å²) in [6.45, 7) is 2.79. The molecular formula is C27H32F3N5O3. The molecule has 1 aliphatic rings. The van der Waals surface area contributed by atoms with Crippen molar-refractivity contribution in [3.8, 4) is 5.75 Å². The molecule has 0 radical (unpaired) electrons. The van der Waals surface area contributed by atoms with Crippen LogP contribution in [-0.2, 0) is 15.7 Å². The normalized spacial score (nSPS) is 15.1. The summed E-state index contributed by atoms with van der Waals surface area (Å²) in [5.74, 6) is -0.701.